The summed E-state index contributed by atoms with van der Waals surface area (Å²) in [6.45, 7) is 7.73. The minimum absolute atomic E-state index is 0.135. The third-order valence-electron chi connectivity index (χ3n) is 5.10. The Hall–Kier alpha value is -3.14. The Bertz CT molecular complexity index is 1250. The molecule has 0 saturated heterocycles. The highest BCUT2D eigenvalue weighted by Gasteiger charge is 2.23. The second-order valence-electron chi connectivity index (χ2n) is 6.96. The lowest BCUT2D eigenvalue weighted by molar-refractivity contribution is 0.101. The molecule has 0 saturated carbocycles. The van der Waals surface area contributed by atoms with Gasteiger partial charge in [-0.3, -0.25) is 4.79 Å². The van der Waals surface area contributed by atoms with E-state index in [1.165, 1.54) is 6.07 Å². The van der Waals surface area contributed by atoms with Crippen molar-refractivity contribution in [2.45, 2.75) is 34.1 Å². The summed E-state index contributed by atoms with van der Waals surface area (Å²) in [7, 11) is 0. The van der Waals surface area contributed by atoms with E-state index in [1.807, 2.05) is 58.0 Å². The Balaban J connectivity index is 2.02. The molecule has 0 amide bonds. The van der Waals surface area contributed by atoms with Crippen LogP contribution in [0.2, 0.25) is 0 Å². The SMILES string of the molecule is CCc1c(C(=O)c2ccc(C)cc2)oc2c(C)c3oc(=O)cc(C)c3cc12. The van der Waals surface area contributed by atoms with Gasteiger partial charge in [-0.2, -0.15) is 0 Å². The summed E-state index contributed by atoms with van der Waals surface area (Å²) in [5.41, 5.74) is 4.88. The molecule has 2 aromatic carbocycles. The van der Waals surface area contributed by atoms with Gasteiger partial charge < -0.3 is 8.83 Å². The van der Waals surface area contributed by atoms with Crippen LogP contribution in [0.5, 0.6) is 0 Å². The number of carbonyl (C=O) groups excluding carboxylic acids is 1. The Kier molecular flexibility index (Phi) is 3.99. The highest BCUT2D eigenvalue weighted by atomic mass is 16.4. The van der Waals surface area contributed by atoms with Gasteiger partial charge in [0.1, 0.15) is 11.2 Å². The maximum absolute atomic E-state index is 13.1. The molecule has 0 radical (unpaired) electrons. The maximum Gasteiger partial charge on any atom is 0.336 e. The molecule has 0 spiro atoms. The summed E-state index contributed by atoms with van der Waals surface area (Å²) in [5.74, 6) is 0.222. The molecule has 27 heavy (non-hydrogen) atoms. The van der Waals surface area contributed by atoms with Crippen molar-refractivity contribution < 1.29 is 13.6 Å². The molecule has 4 aromatic rings. The smallest absolute Gasteiger partial charge is 0.336 e. The van der Waals surface area contributed by atoms with Crippen LogP contribution in [0.4, 0.5) is 0 Å². The fourth-order valence-corrected chi connectivity index (χ4v) is 3.60. The van der Waals surface area contributed by atoms with E-state index in [-0.39, 0.29) is 11.4 Å². The lowest BCUT2D eigenvalue weighted by Gasteiger charge is -2.04. The maximum atomic E-state index is 13.1. The summed E-state index contributed by atoms with van der Waals surface area (Å²) in [4.78, 5) is 24.9. The number of aryl methyl sites for hydroxylation is 4. The number of hydrogen-bond acceptors (Lipinski definition) is 4. The van der Waals surface area contributed by atoms with Crippen molar-refractivity contribution in [3.8, 4) is 0 Å². The lowest BCUT2D eigenvalue weighted by Crippen LogP contribution is -2.02. The zero-order chi connectivity index (χ0) is 19.3. The molecule has 2 heterocycles. The van der Waals surface area contributed by atoms with Gasteiger partial charge in [0.25, 0.3) is 0 Å². The highest BCUT2D eigenvalue weighted by molar-refractivity contribution is 6.12. The minimum atomic E-state index is -0.388. The molecule has 0 unspecified atom stereocenters. The third kappa shape index (κ3) is 2.69. The summed E-state index contributed by atoms with van der Waals surface area (Å²) in [6.07, 6.45) is 0.667. The number of carbonyl (C=O) groups is 1. The van der Waals surface area contributed by atoms with E-state index in [9.17, 15) is 9.59 Å². The molecule has 4 nitrogen and oxygen atoms in total. The number of furan rings is 1. The molecule has 0 aliphatic carbocycles. The van der Waals surface area contributed by atoms with E-state index in [1.54, 1.807) is 0 Å². The molecule has 136 valence electrons. The molecular weight excluding hydrogens is 340 g/mol. The molecule has 0 aliphatic heterocycles. The number of benzene rings is 2. The zero-order valence-corrected chi connectivity index (χ0v) is 15.8. The molecule has 4 rings (SSSR count). The Labute approximate surface area is 156 Å². The first kappa shape index (κ1) is 17.3. The number of hydrogen-bond donors (Lipinski definition) is 0. The van der Waals surface area contributed by atoms with E-state index in [0.717, 1.165) is 33.0 Å². The normalized spacial score (nSPS) is 11.4. The summed E-state index contributed by atoms with van der Waals surface area (Å²) in [5, 5.41) is 1.76. The van der Waals surface area contributed by atoms with Gasteiger partial charge in [-0.1, -0.05) is 36.8 Å². The van der Waals surface area contributed by atoms with Crippen LogP contribution in [0, 0.1) is 20.8 Å². The van der Waals surface area contributed by atoms with E-state index in [0.29, 0.717) is 28.9 Å². The Morgan fingerprint density at radius 3 is 2.26 bits per heavy atom. The standard InChI is InChI=1S/C23H20O4/c1-5-16-18-11-17-13(3)10-19(24)26-21(17)14(4)22(18)27-23(16)20(25)15-8-6-12(2)7-9-15/h6-11H,5H2,1-4H3. The van der Waals surface area contributed by atoms with Crippen LogP contribution >= 0.6 is 0 Å². The van der Waals surface area contributed by atoms with E-state index >= 15 is 0 Å². The second-order valence-corrected chi connectivity index (χ2v) is 6.96. The van der Waals surface area contributed by atoms with Crippen LogP contribution in [0.15, 0.2) is 50.0 Å². The van der Waals surface area contributed by atoms with Gasteiger partial charge in [-0.05, 0) is 38.8 Å². The first-order valence-electron chi connectivity index (χ1n) is 9.01. The first-order chi connectivity index (χ1) is 12.9. The van der Waals surface area contributed by atoms with E-state index < -0.39 is 0 Å². The van der Waals surface area contributed by atoms with Crippen LogP contribution in [0.25, 0.3) is 21.9 Å². The Morgan fingerprint density at radius 1 is 0.926 bits per heavy atom. The minimum Gasteiger partial charge on any atom is -0.452 e. The molecular formula is C23H20O4. The first-order valence-corrected chi connectivity index (χ1v) is 9.01. The monoisotopic (exact) mass is 360 g/mol. The van der Waals surface area contributed by atoms with Crippen LogP contribution in [-0.2, 0) is 6.42 Å². The predicted octanol–water partition coefficient (Wildman–Crippen LogP) is 5.26. The molecule has 0 atom stereocenters. The van der Waals surface area contributed by atoms with Crippen molar-refractivity contribution in [3.63, 3.8) is 0 Å². The van der Waals surface area contributed by atoms with Gasteiger partial charge in [0.2, 0.25) is 5.78 Å². The van der Waals surface area contributed by atoms with Gasteiger partial charge in [-0.25, -0.2) is 4.79 Å². The fourth-order valence-electron chi connectivity index (χ4n) is 3.60. The average molecular weight is 360 g/mol. The van der Waals surface area contributed by atoms with Crippen LogP contribution in [0.3, 0.4) is 0 Å². The van der Waals surface area contributed by atoms with Crippen molar-refractivity contribution in [1.29, 1.82) is 0 Å². The molecule has 4 heteroatoms. The molecule has 2 aromatic heterocycles. The van der Waals surface area contributed by atoms with Gasteiger partial charge in [0.15, 0.2) is 5.76 Å². The predicted molar refractivity (Wildman–Crippen MR) is 106 cm³/mol. The zero-order valence-electron chi connectivity index (χ0n) is 15.8. The van der Waals surface area contributed by atoms with Crippen LogP contribution in [0.1, 0.15) is 45.3 Å². The van der Waals surface area contributed by atoms with Crippen molar-refractivity contribution in [1.82, 2.24) is 0 Å². The van der Waals surface area contributed by atoms with Gasteiger partial charge in [0, 0.05) is 33.5 Å². The topological polar surface area (TPSA) is 60.4 Å². The quantitative estimate of drug-likeness (QED) is 0.369. The van der Waals surface area contributed by atoms with E-state index in [2.05, 4.69) is 0 Å². The molecule has 0 bridgehead atoms. The summed E-state index contributed by atoms with van der Waals surface area (Å²) < 4.78 is 11.5. The Morgan fingerprint density at radius 2 is 1.59 bits per heavy atom. The van der Waals surface area contributed by atoms with Crippen molar-refractivity contribution in [2.24, 2.45) is 0 Å². The summed E-state index contributed by atoms with van der Waals surface area (Å²) >= 11 is 0. The van der Waals surface area contributed by atoms with Gasteiger partial charge in [0.05, 0.1) is 0 Å². The van der Waals surface area contributed by atoms with Crippen molar-refractivity contribution >= 4 is 27.7 Å². The second kappa shape index (κ2) is 6.23. The van der Waals surface area contributed by atoms with Crippen LogP contribution in [-0.4, -0.2) is 5.78 Å². The molecule has 0 aliphatic rings. The van der Waals surface area contributed by atoms with E-state index in [4.69, 9.17) is 8.83 Å². The number of ketones is 1. The fraction of sp³-hybridized carbons (Fsp3) is 0.217. The number of rotatable bonds is 3. The van der Waals surface area contributed by atoms with Crippen molar-refractivity contribution in [2.75, 3.05) is 0 Å². The van der Waals surface area contributed by atoms with Gasteiger partial charge >= 0.3 is 5.63 Å². The molecule has 0 fully saturated rings. The highest BCUT2D eigenvalue weighted by Crippen LogP contribution is 2.35. The molecule has 0 N–H and O–H groups in total. The van der Waals surface area contributed by atoms with Gasteiger partial charge in [-0.15, -0.1) is 0 Å². The lowest BCUT2D eigenvalue weighted by atomic mass is 9.98. The number of fused-ring (bicyclic) bond motifs is 2. The third-order valence-corrected chi connectivity index (χ3v) is 5.10. The average Bonchev–Trinajstić information content (AvgIpc) is 3.02. The largest absolute Gasteiger partial charge is 0.452 e. The van der Waals surface area contributed by atoms with Crippen LogP contribution < -0.4 is 5.63 Å². The summed E-state index contributed by atoms with van der Waals surface area (Å²) in [6, 6.07) is 10.9. The van der Waals surface area contributed by atoms with Crippen molar-refractivity contribution in [3.05, 3.63) is 80.4 Å².